The number of halogens is 1. The summed E-state index contributed by atoms with van der Waals surface area (Å²) >= 11 is 0. The lowest BCUT2D eigenvalue weighted by atomic mass is 9.84. The number of amides is 2. The van der Waals surface area contributed by atoms with Gasteiger partial charge in [0.25, 0.3) is 5.91 Å². The Bertz CT molecular complexity index is 878. The number of nitrogens with zero attached hydrogens (tertiary/aromatic N) is 2. The summed E-state index contributed by atoms with van der Waals surface area (Å²) in [6.45, 7) is 1.74. The van der Waals surface area contributed by atoms with Crippen LogP contribution in [0.25, 0.3) is 11.3 Å². The van der Waals surface area contributed by atoms with Gasteiger partial charge in [-0.2, -0.15) is 0 Å². The van der Waals surface area contributed by atoms with Gasteiger partial charge in [0, 0.05) is 36.8 Å². The summed E-state index contributed by atoms with van der Waals surface area (Å²) in [7, 11) is 0. The number of rotatable bonds is 4. The van der Waals surface area contributed by atoms with Crippen LogP contribution >= 0.6 is 0 Å². The van der Waals surface area contributed by atoms with Crippen LogP contribution in [0.2, 0.25) is 0 Å². The average molecular weight is 395 g/mol. The third kappa shape index (κ3) is 4.63. The fraction of sp³-hybridized carbons (Fsp3) is 0.435. The first kappa shape index (κ1) is 19.6. The van der Waals surface area contributed by atoms with Crippen molar-refractivity contribution in [3.8, 4) is 11.3 Å². The molecule has 4 rings (SSSR count). The molecule has 1 saturated heterocycles. The Morgan fingerprint density at radius 1 is 1.07 bits per heavy atom. The minimum Gasteiger partial charge on any atom is -0.349 e. The Morgan fingerprint density at radius 3 is 2.62 bits per heavy atom. The zero-order chi connectivity index (χ0) is 20.2. The number of likely N-dealkylation sites (tertiary alicyclic amines) is 1. The fourth-order valence-corrected chi connectivity index (χ4v) is 4.36. The Kier molecular flexibility index (Phi) is 5.88. The molecule has 2 heterocycles. The standard InChI is InChI=1S/C23H26FN3O2/c24-19-7-3-5-16(13-19)21-10-9-18(15-25-21)22(28)26-20-8-4-6-17(14-20)23(29)27-11-1-2-12-27/h3,5,7,9-10,13,15,17,20H,1-2,4,6,8,11-12,14H2,(H,26,28)/t17-,20-/m1/s1. The molecule has 2 aromatic rings. The van der Waals surface area contributed by atoms with Crippen molar-refractivity contribution in [3.63, 3.8) is 0 Å². The summed E-state index contributed by atoms with van der Waals surface area (Å²) in [4.78, 5) is 31.6. The molecule has 1 aliphatic carbocycles. The van der Waals surface area contributed by atoms with E-state index in [4.69, 9.17) is 0 Å². The minimum absolute atomic E-state index is 0.00991. The van der Waals surface area contributed by atoms with Crippen molar-refractivity contribution < 1.29 is 14.0 Å². The van der Waals surface area contributed by atoms with Crippen LogP contribution in [-0.2, 0) is 4.79 Å². The summed E-state index contributed by atoms with van der Waals surface area (Å²) in [5.74, 6) is -0.229. The van der Waals surface area contributed by atoms with Crippen LogP contribution in [-0.4, -0.2) is 40.8 Å². The number of aromatic nitrogens is 1. The van der Waals surface area contributed by atoms with E-state index in [2.05, 4.69) is 10.3 Å². The van der Waals surface area contributed by atoms with Crippen molar-refractivity contribution in [2.75, 3.05) is 13.1 Å². The maximum atomic E-state index is 13.4. The number of carbonyl (C=O) groups is 2. The van der Waals surface area contributed by atoms with Crippen LogP contribution < -0.4 is 5.32 Å². The van der Waals surface area contributed by atoms with E-state index in [1.165, 1.54) is 18.3 Å². The second-order valence-corrected chi connectivity index (χ2v) is 8.01. The topological polar surface area (TPSA) is 62.3 Å². The van der Waals surface area contributed by atoms with Gasteiger partial charge < -0.3 is 10.2 Å². The molecule has 5 nitrogen and oxygen atoms in total. The van der Waals surface area contributed by atoms with Crippen LogP contribution in [0.3, 0.4) is 0 Å². The van der Waals surface area contributed by atoms with E-state index < -0.39 is 0 Å². The van der Waals surface area contributed by atoms with Gasteiger partial charge in [-0.05, 0) is 56.4 Å². The molecule has 29 heavy (non-hydrogen) atoms. The van der Waals surface area contributed by atoms with Crippen LogP contribution in [0.4, 0.5) is 4.39 Å². The SMILES string of the molecule is O=C(N[C@@H]1CCC[C@@H](C(=O)N2CCCC2)C1)c1ccc(-c2cccc(F)c2)nc1. The van der Waals surface area contributed by atoms with Gasteiger partial charge in [0.2, 0.25) is 5.91 Å². The molecule has 0 unspecified atom stereocenters. The third-order valence-corrected chi connectivity index (χ3v) is 5.92. The minimum atomic E-state index is -0.318. The molecule has 1 aromatic heterocycles. The molecule has 2 amide bonds. The van der Waals surface area contributed by atoms with Gasteiger partial charge in [0.05, 0.1) is 11.3 Å². The number of pyridine rings is 1. The lowest BCUT2D eigenvalue weighted by Crippen LogP contribution is -2.43. The second kappa shape index (κ2) is 8.72. The molecule has 1 aliphatic heterocycles. The van der Waals surface area contributed by atoms with Gasteiger partial charge in [-0.1, -0.05) is 18.6 Å². The highest BCUT2D eigenvalue weighted by molar-refractivity contribution is 5.94. The molecule has 1 saturated carbocycles. The van der Waals surface area contributed by atoms with Gasteiger partial charge in [0.15, 0.2) is 0 Å². The second-order valence-electron chi connectivity index (χ2n) is 8.01. The molecule has 152 valence electrons. The van der Waals surface area contributed by atoms with E-state index in [1.807, 2.05) is 4.90 Å². The normalized spacial score (nSPS) is 21.8. The highest BCUT2D eigenvalue weighted by Gasteiger charge is 2.32. The maximum Gasteiger partial charge on any atom is 0.253 e. The van der Waals surface area contributed by atoms with Gasteiger partial charge in [-0.25, -0.2) is 4.39 Å². The molecule has 2 fully saturated rings. The van der Waals surface area contributed by atoms with E-state index in [1.54, 1.807) is 24.3 Å². The zero-order valence-corrected chi connectivity index (χ0v) is 16.4. The molecule has 2 aliphatic rings. The predicted octanol–water partition coefficient (Wildman–Crippen LogP) is 3.80. The maximum absolute atomic E-state index is 13.4. The first-order chi connectivity index (χ1) is 14.1. The van der Waals surface area contributed by atoms with Crippen molar-refractivity contribution in [2.45, 2.75) is 44.6 Å². The Labute approximate surface area is 170 Å². The van der Waals surface area contributed by atoms with Crippen molar-refractivity contribution in [1.29, 1.82) is 0 Å². The number of benzene rings is 1. The van der Waals surface area contributed by atoms with Gasteiger partial charge >= 0.3 is 0 Å². The highest BCUT2D eigenvalue weighted by Crippen LogP contribution is 2.27. The summed E-state index contributed by atoms with van der Waals surface area (Å²) in [5.41, 5.74) is 1.76. The van der Waals surface area contributed by atoms with Crippen LogP contribution in [0, 0.1) is 11.7 Å². The lowest BCUT2D eigenvalue weighted by Gasteiger charge is -2.31. The van der Waals surface area contributed by atoms with E-state index in [9.17, 15) is 14.0 Å². The van der Waals surface area contributed by atoms with Gasteiger partial charge in [-0.15, -0.1) is 0 Å². The molecular weight excluding hydrogens is 369 g/mol. The monoisotopic (exact) mass is 395 g/mol. The summed E-state index contributed by atoms with van der Waals surface area (Å²) in [6.07, 6.45) is 7.16. The summed E-state index contributed by atoms with van der Waals surface area (Å²) in [6, 6.07) is 9.66. The molecule has 0 spiro atoms. The van der Waals surface area contributed by atoms with Crippen molar-refractivity contribution in [3.05, 3.63) is 54.0 Å². The Morgan fingerprint density at radius 2 is 1.90 bits per heavy atom. The van der Waals surface area contributed by atoms with Crippen molar-refractivity contribution in [1.82, 2.24) is 15.2 Å². The van der Waals surface area contributed by atoms with E-state index in [0.29, 0.717) is 23.2 Å². The van der Waals surface area contributed by atoms with Crippen LogP contribution in [0.5, 0.6) is 0 Å². The molecule has 1 aromatic carbocycles. The Hall–Kier alpha value is -2.76. The first-order valence-corrected chi connectivity index (χ1v) is 10.4. The molecule has 0 radical (unpaired) electrons. The molecular formula is C23H26FN3O2. The molecule has 1 N–H and O–H groups in total. The number of carbonyl (C=O) groups excluding carboxylic acids is 2. The number of hydrogen-bond donors (Lipinski definition) is 1. The summed E-state index contributed by atoms with van der Waals surface area (Å²) in [5, 5.41) is 3.07. The first-order valence-electron chi connectivity index (χ1n) is 10.4. The van der Waals surface area contributed by atoms with Crippen molar-refractivity contribution in [2.24, 2.45) is 5.92 Å². The largest absolute Gasteiger partial charge is 0.349 e. The smallest absolute Gasteiger partial charge is 0.253 e. The summed E-state index contributed by atoms with van der Waals surface area (Å²) < 4.78 is 13.4. The highest BCUT2D eigenvalue weighted by atomic mass is 19.1. The quantitative estimate of drug-likeness (QED) is 0.857. The van der Waals surface area contributed by atoms with E-state index in [0.717, 1.165) is 45.2 Å². The van der Waals surface area contributed by atoms with Crippen LogP contribution in [0.15, 0.2) is 42.6 Å². The van der Waals surface area contributed by atoms with Gasteiger partial charge in [0.1, 0.15) is 5.82 Å². The average Bonchev–Trinajstić information content (AvgIpc) is 3.28. The third-order valence-electron chi connectivity index (χ3n) is 5.92. The van der Waals surface area contributed by atoms with E-state index in [-0.39, 0.29) is 29.6 Å². The van der Waals surface area contributed by atoms with Crippen LogP contribution in [0.1, 0.15) is 48.9 Å². The van der Waals surface area contributed by atoms with Crippen molar-refractivity contribution >= 4 is 11.8 Å². The fourth-order valence-electron chi connectivity index (χ4n) is 4.36. The number of nitrogens with one attached hydrogen (secondary N) is 1. The Balaban J connectivity index is 1.36. The zero-order valence-electron chi connectivity index (χ0n) is 16.4. The van der Waals surface area contributed by atoms with E-state index >= 15 is 0 Å². The molecule has 0 bridgehead atoms. The van der Waals surface area contributed by atoms with Gasteiger partial charge in [-0.3, -0.25) is 14.6 Å². The molecule has 2 atom stereocenters. The lowest BCUT2D eigenvalue weighted by molar-refractivity contribution is -0.135. The predicted molar refractivity (Wildman–Crippen MR) is 109 cm³/mol. The number of hydrogen-bond acceptors (Lipinski definition) is 3. The molecule has 6 heteroatoms.